The van der Waals surface area contributed by atoms with Crippen LogP contribution in [0, 0.1) is 0 Å². The van der Waals surface area contributed by atoms with Crippen molar-refractivity contribution in [1.82, 2.24) is 20.2 Å². The average molecular weight is 462 g/mol. The van der Waals surface area contributed by atoms with Crippen molar-refractivity contribution in [3.63, 3.8) is 0 Å². The fourth-order valence-corrected chi connectivity index (χ4v) is 4.81. The number of aromatic nitrogens is 3. The van der Waals surface area contributed by atoms with Gasteiger partial charge in [0.1, 0.15) is 16.8 Å². The zero-order valence-corrected chi connectivity index (χ0v) is 18.8. The first-order valence-corrected chi connectivity index (χ1v) is 11.6. The van der Waals surface area contributed by atoms with Gasteiger partial charge in [-0.05, 0) is 36.8 Å². The standard InChI is InChI=1S/C24H23N5O3S/c1-2-31-18-12-10-16(11-13-18)20-21(23(30)25-15-19-9-6-14-32-19)33-24-27-26-22(29(24)28-20)17-7-4-3-5-8-17/h3-14,20-21,28H,2,15H2,1H3,(H,25,30)/t20-,21-/m1/s1. The van der Waals surface area contributed by atoms with Crippen LogP contribution in [0.3, 0.4) is 0 Å². The molecule has 0 saturated carbocycles. The second-order valence-electron chi connectivity index (χ2n) is 7.45. The molecule has 2 N–H and O–H groups in total. The summed E-state index contributed by atoms with van der Waals surface area (Å²) in [6.07, 6.45) is 1.59. The number of carbonyl (C=O) groups is 1. The molecular formula is C24H23N5O3S. The van der Waals surface area contributed by atoms with Gasteiger partial charge in [-0.2, -0.15) is 0 Å². The van der Waals surface area contributed by atoms with Gasteiger partial charge in [0.2, 0.25) is 11.1 Å². The highest BCUT2D eigenvalue weighted by atomic mass is 32.2. The summed E-state index contributed by atoms with van der Waals surface area (Å²) in [6.45, 7) is 2.87. The maximum Gasteiger partial charge on any atom is 0.236 e. The van der Waals surface area contributed by atoms with Gasteiger partial charge in [-0.1, -0.05) is 54.2 Å². The van der Waals surface area contributed by atoms with E-state index < -0.39 is 5.25 Å². The van der Waals surface area contributed by atoms with Gasteiger partial charge in [0.15, 0.2) is 5.82 Å². The molecule has 0 fully saturated rings. The molecule has 1 aliphatic rings. The minimum absolute atomic E-state index is 0.113. The molecule has 0 bridgehead atoms. The van der Waals surface area contributed by atoms with Crippen LogP contribution in [0.1, 0.15) is 24.3 Å². The number of nitrogens with one attached hydrogen (secondary N) is 2. The number of amides is 1. The van der Waals surface area contributed by atoms with Crippen LogP contribution in [0.15, 0.2) is 82.6 Å². The van der Waals surface area contributed by atoms with Crippen LogP contribution >= 0.6 is 11.8 Å². The Kier molecular flexibility index (Phi) is 6.03. The molecular weight excluding hydrogens is 438 g/mol. The van der Waals surface area contributed by atoms with Crippen molar-refractivity contribution in [3.05, 3.63) is 84.3 Å². The van der Waals surface area contributed by atoms with Gasteiger partial charge < -0.3 is 19.9 Å². The van der Waals surface area contributed by atoms with E-state index in [0.717, 1.165) is 16.9 Å². The topological polar surface area (TPSA) is 94.2 Å². The predicted octanol–water partition coefficient (Wildman–Crippen LogP) is 4.01. The number of nitrogens with zero attached hydrogens (tertiary/aromatic N) is 3. The zero-order valence-electron chi connectivity index (χ0n) is 18.0. The van der Waals surface area contributed by atoms with Crippen molar-refractivity contribution in [3.8, 4) is 17.1 Å². The minimum atomic E-state index is -0.460. The monoisotopic (exact) mass is 461 g/mol. The summed E-state index contributed by atoms with van der Waals surface area (Å²) in [7, 11) is 0. The fourth-order valence-electron chi connectivity index (χ4n) is 3.71. The van der Waals surface area contributed by atoms with Crippen LogP contribution < -0.4 is 15.5 Å². The highest BCUT2D eigenvalue weighted by Crippen LogP contribution is 2.39. The SMILES string of the molecule is CCOc1ccc([C@H]2Nn3c(nnc3-c3ccccc3)S[C@H]2C(=O)NCc2ccco2)cc1. The Labute approximate surface area is 195 Å². The molecule has 5 rings (SSSR count). The third-order valence-electron chi connectivity index (χ3n) is 5.29. The molecule has 9 heteroatoms. The number of hydrogen-bond donors (Lipinski definition) is 2. The van der Waals surface area contributed by atoms with Crippen molar-refractivity contribution in [2.75, 3.05) is 12.0 Å². The Morgan fingerprint density at radius 2 is 1.94 bits per heavy atom. The number of benzene rings is 2. The van der Waals surface area contributed by atoms with E-state index >= 15 is 0 Å². The molecule has 168 valence electrons. The predicted molar refractivity (Wildman–Crippen MR) is 125 cm³/mol. The van der Waals surface area contributed by atoms with E-state index in [2.05, 4.69) is 20.9 Å². The van der Waals surface area contributed by atoms with Gasteiger partial charge in [0, 0.05) is 5.56 Å². The van der Waals surface area contributed by atoms with E-state index in [0.29, 0.717) is 29.9 Å². The van der Waals surface area contributed by atoms with Crippen molar-refractivity contribution < 1.29 is 13.9 Å². The van der Waals surface area contributed by atoms with Gasteiger partial charge in [0.05, 0.1) is 25.5 Å². The van der Waals surface area contributed by atoms with Gasteiger partial charge in [-0.25, -0.2) is 4.68 Å². The quantitative estimate of drug-likeness (QED) is 0.429. The van der Waals surface area contributed by atoms with Crippen LogP contribution in [-0.2, 0) is 11.3 Å². The van der Waals surface area contributed by atoms with Gasteiger partial charge in [-0.3, -0.25) is 4.79 Å². The molecule has 8 nitrogen and oxygen atoms in total. The maximum atomic E-state index is 13.2. The molecule has 0 radical (unpaired) electrons. The summed E-state index contributed by atoms with van der Waals surface area (Å²) in [5, 5.41) is 11.9. The largest absolute Gasteiger partial charge is 0.494 e. The van der Waals surface area contributed by atoms with E-state index in [1.54, 1.807) is 12.3 Å². The molecule has 2 atom stereocenters. The lowest BCUT2D eigenvalue weighted by Crippen LogP contribution is -2.43. The maximum absolute atomic E-state index is 13.2. The van der Waals surface area contributed by atoms with Crippen molar-refractivity contribution in [2.45, 2.75) is 29.9 Å². The van der Waals surface area contributed by atoms with Crippen LogP contribution in [0.25, 0.3) is 11.4 Å². The van der Waals surface area contributed by atoms with E-state index in [-0.39, 0.29) is 11.9 Å². The summed E-state index contributed by atoms with van der Waals surface area (Å²) in [4.78, 5) is 13.2. The number of furan rings is 1. The third-order valence-corrected chi connectivity index (χ3v) is 6.51. The normalized spacial score (nSPS) is 17.1. The summed E-state index contributed by atoms with van der Waals surface area (Å²) in [6, 6.07) is 21.0. The smallest absolute Gasteiger partial charge is 0.236 e. The van der Waals surface area contributed by atoms with E-state index in [1.807, 2.05) is 72.3 Å². The van der Waals surface area contributed by atoms with E-state index in [9.17, 15) is 4.79 Å². The number of fused-ring (bicyclic) bond motifs is 1. The van der Waals surface area contributed by atoms with E-state index in [4.69, 9.17) is 9.15 Å². The summed E-state index contributed by atoms with van der Waals surface area (Å²) >= 11 is 1.39. The fraction of sp³-hybridized carbons (Fsp3) is 0.208. The Hall–Kier alpha value is -3.72. The van der Waals surface area contributed by atoms with Crippen LogP contribution in [0.2, 0.25) is 0 Å². The molecule has 0 saturated heterocycles. The summed E-state index contributed by atoms with van der Waals surface area (Å²) in [5.41, 5.74) is 5.38. The number of rotatable bonds is 7. The zero-order chi connectivity index (χ0) is 22.6. The second-order valence-corrected chi connectivity index (χ2v) is 8.56. The first kappa shape index (κ1) is 21.1. The van der Waals surface area contributed by atoms with Crippen molar-refractivity contribution in [1.29, 1.82) is 0 Å². The molecule has 0 aliphatic carbocycles. The highest BCUT2D eigenvalue weighted by molar-refractivity contribution is 8.00. The molecule has 0 spiro atoms. The van der Waals surface area contributed by atoms with Gasteiger partial charge >= 0.3 is 0 Å². The first-order valence-electron chi connectivity index (χ1n) is 10.7. The van der Waals surface area contributed by atoms with Gasteiger partial charge in [0.25, 0.3) is 0 Å². The Bertz CT molecular complexity index is 1210. The molecule has 33 heavy (non-hydrogen) atoms. The van der Waals surface area contributed by atoms with Crippen molar-refractivity contribution >= 4 is 17.7 Å². The van der Waals surface area contributed by atoms with Crippen LogP contribution in [-0.4, -0.2) is 32.6 Å². The molecule has 3 heterocycles. The lowest BCUT2D eigenvalue weighted by Gasteiger charge is -2.33. The molecule has 4 aromatic rings. The Balaban J connectivity index is 1.46. The Morgan fingerprint density at radius 1 is 1.12 bits per heavy atom. The minimum Gasteiger partial charge on any atom is -0.494 e. The lowest BCUT2D eigenvalue weighted by atomic mass is 10.0. The van der Waals surface area contributed by atoms with Crippen LogP contribution in [0.4, 0.5) is 0 Å². The van der Waals surface area contributed by atoms with Crippen LogP contribution in [0.5, 0.6) is 5.75 Å². The number of ether oxygens (including phenoxy) is 1. The first-order chi connectivity index (χ1) is 16.2. The van der Waals surface area contributed by atoms with Gasteiger partial charge in [-0.15, -0.1) is 10.2 Å². The Morgan fingerprint density at radius 3 is 2.67 bits per heavy atom. The second kappa shape index (κ2) is 9.41. The molecule has 0 unspecified atom stereocenters. The van der Waals surface area contributed by atoms with E-state index in [1.165, 1.54) is 11.8 Å². The summed E-state index contributed by atoms with van der Waals surface area (Å²) < 4.78 is 12.8. The lowest BCUT2D eigenvalue weighted by molar-refractivity contribution is -0.121. The third kappa shape index (κ3) is 4.45. The van der Waals surface area contributed by atoms with Crippen molar-refractivity contribution in [2.24, 2.45) is 0 Å². The number of thioether (sulfide) groups is 1. The molecule has 1 amide bonds. The molecule has 2 aromatic heterocycles. The molecule has 1 aliphatic heterocycles. The number of carbonyl (C=O) groups excluding carboxylic acids is 1. The number of hydrogen-bond acceptors (Lipinski definition) is 7. The average Bonchev–Trinajstić information content (AvgIpc) is 3.53. The summed E-state index contributed by atoms with van der Waals surface area (Å²) in [5.74, 6) is 2.07. The highest BCUT2D eigenvalue weighted by Gasteiger charge is 2.38. The molecule has 2 aromatic carbocycles.